The monoisotopic (exact) mass is 1060 g/mol. The van der Waals surface area contributed by atoms with E-state index in [0.29, 0.717) is 72.7 Å². The van der Waals surface area contributed by atoms with Crippen molar-refractivity contribution >= 4 is 0 Å². The lowest BCUT2D eigenvalue weighted by Gasteiger charge is -2.51. The van der Waals surface area contributed by atoms with Crippen molar-refractivity contribution in [2.24, 2.45) is 0 Å². The molecule has 3 aliphatic heterocycles. The lowest BCUT2D eigenvalue weighted by molar-refractivity contribution is -0.391. The van der Waals surface area contributed by atoms with E-state index in [1.165, 1.54) is 0 Å². The van der Waals surface area contributed by atoms with Gasteiger partial charge in [-0.3, -0.25) is 0 Å². The zero-order valence-electron chi connectivity index (χ0n) is 48.6. The van der Waals surface area contributed by atoms with Gasteiger partial charge in [0.25, 0.3) is 0 Å². The smallest absolute Gasteiger partial charge is 0.187 e. The van der Waals surface area contributed by atoms with Crippen LogP contribution in [-0.2, 0) is 71.1 Å². The molecule has 0 spiro atoms. The fraction of sp³-hybridized carbons (Fsp3) is 1.00. The Hall–Kier alpha value is -0.640. The Morgan fingerprint density at radius 2 is 0.514 bits per heavy atom. The molecule has 74 heavy (non-hydrogen) atoms. The summed E-state index contributed by atoms with van der Waals surface area (Å²) < 4.78 is 102. The molecule has 3 aliphatic rings. The molecule has 16 heteroatoms. The van der Waals surface area contributed by atoms with E-state index in [1.807, 2.05) is 0 Å². The van der Waals surface area contributed by atoms with Gasteiger partial charge in [-0.25, -0.2) is 0 Å². The van der Waals surface area contributed by atoms with Gasteiger partial charge in [0, 0.05) is 66.1 Å². The van der Waals surface area contributed by atoms with Crippen LogP contribution in [0.3, 0.4) is 0 Å². The highest BCUT2D eigenvalue weighted by atomic mass is 16.8. The van der Waals surface area contributed by atoms with Gasteiger partial charge in [-0.1, -0.05) is 133 Å². The number of aliphatic hydroxyl groups excluding tert-OH is 1. The van der Waals surface area contributed by atoms with Crippen molar-refractivity contribution in [1.29, 1.82) is 0 Å². The molecule has 0 radical (unpaired) electrons. The first-order valence-electron chi connectivity index (χ1n) is 30.3. The zero-order valence-corrected chi connectivity index (χ0v) is 48.6. The highest BCUT2D eigenvalue weighted by Gasteiger charge is 2.57. The fourth-order valence-corrected chi connectivity index (χ4v) is 9.10. The second-order valence-electron chi connectivity index (χ2n) is 20.5. The van der Waals surface area contributed by atoms with Gasteiger partial charge >= 0.3 is 0 Å². The Labute approximate surface area is 450 Å². The van der Waals surface area contributed by atoms with Crippen LogP contribution in [0.2, 0.25) is 0 Å². The number of unbranched alkanes of at least 4 members (excludes halogenated alkanes) is 10. The minimum absolute atomic E-state index is 0.170. The molecule has 440 valence electrons. The predicted molar refractivity (Wildman–Crippen MR) is 288 cm³/mol. The van der Waals surface area contributed by atoms with E-state index < -0.39 is 92.1 Å². The Bertz CT molecular complexity index is 1270. The normalized spacial score (nSPS) is 30.6. The molecule has 0 aromatic rings. The summed E-state index contributed by atoms with van der Waals surface area (Å²) in [4.78, 5) is 0. The summed E-state index contributed by atoms with van der Waals surface area (Å²) in [6, 6.07) is 0. The third-order valence-electron chi connectivity index (χ3n) is 13.8. The summed E-state index contributed by atoms with van der Waals surface area (Å²) in [5, 5.41) is 11.7. The summed E-state index contributed by atoms with van der Waals surface area (Å²) in [7, 11) is 0. The van der Waals surface area contributed by atoms with E-state index in [4.69, 9.17) is 71.1 Å². The Balaban J connectivity index is 2.26. The number of rotatable bonds is 47. The van der Waals surface area contributed by atoms with Crippen LogP contribution in [0.5, 0.6) is 0 Å². The van der Waals surface area contributed by atoms with Gasteiger partial charge in [0.05, 0.1) is 19.8 Å². The first-order chi connectivity index (χ1) is 36.3. The number of ether oxygens (including phenoxy) is 15. The van der Waals surface area contributed by atoms with Crippen molar-refractivity contribution in [3.8, 4) is 0 Å². The van der Waals surface area contributed by atoms with Crippen LogP contribution in [0.25, 0.3) is 0 Å². The van der Waals surface area contributed by atoms with Gasteiger partial charge in [-0.2, -0.15) is 0 Å². The van der Waals surface area contributed by atoms with E-state index >= 15 is 0 Å². The average molecular weight is 1070 g/mol. The topological polar surface area (TPSA) is 159 Å². The van der Waals surface area contributed by atoms with Crippen LogP contribution < -0.4 is 0 Å². The molecule has 3 fully saturated rings. The first kappa shape index (κ1) is 67.6. The summed E-state index contributed by atoms with van der Waals surface area (Å²) >= 11 is 0. The third kappa shape index (κ3) is 24.4. The van der Waals surface area contributed by atoms with Crippen molar-refractivity contribution in [2.45, 2.75) is 290 Å². The molecular formula is C58H112O16. The van der Waals surface area contributed by atoms with E-state index in [9.17, 15) is 5.11 Å². The van der Waals surface area contributed by atoms with Crippen molar-refractivity contribution in [3.05, 3.63) is 0 Å². The van der Waals surface area contributed by atoms with Crippen molar-refractivity contribution in [3.63, 3.8) is 0 Å². The molecule has 3 rings (SSSR count). The van der Waals surface area contributed by atoms with Crippen LogP contribution in [-0.4, -0.2) is 183 Å². The second-order valence-corrected chi connectivity index (χ2v) is 20.5. The maximum atomic E-state index is 11.7. The minimum Gasteiger partial charge on any atom is -0.379 e. The van der Waals surface area contributed by atoms with Gasteiger partial charge in [0.15, 0.2) is 18.9 Å². The maximum Gasteiger partial charge on any atom is 0.187 e. The Kier molecular flexibility index (Phi) is 39.5. The SMILES string of the molecule is CCCCOCC1O[C@@H](O[C@H]2C(OCCCC)C(OCCCC)[C@H](O)O[C@H]2COCCCC)[C@@H](OCCCC)C(OCCCC)[C@H]1O[C@H]1OC(COCCCC)[C@H](OCCCC)[C@H](OCCCC)C1OCCCC. The molecule has 16 nitrogen and oxygen atoms in total. The van der Waals surface area contributed by atoms with Gasteiger partial charge in [0.2, 0.25) is 0 Å². The largest absolute Gasteiger partial charge is 0.379 e. The summed E-state index contributed by atoms with van der Waals surface area (Å²) in [5.41, 5.74) is 0. The second kappa shape index (κ2) is 43.2. The molecule has 1 N–H and O–H groups in total. The Morgan fingerprint density at radius 1 is 0.270 bits per heavy atom. The number of aliphatic hydroxyl groups is 1. The van der Waals surface area contributed by atoms with Crippen LogP contribution in [0.15, 0.2) is 0 Å². The molecule has 3 saturated heterocycles. The van der Waals surface area contributed by atoms with E-state index in [0.717, 1.165) is 128 Å². The summed E-state index contributed by atoms with van der Waals surface area (Å²) in [5.74, 6) is 0. The summed E-state index contributed by atoms with van der Waals surface area (Å²) in [6.45, 7) is 27.1. The maximum absolute atomic E-state index is 11.7. The zero-order chi connectivity index (χ0) is 53.6. The van der Waals surface area contributed by atoms with Crippen molar-refractivity contribution in [2.75, 3.05) is 85.9 Å². The standard InChI is InChI=1S/C58H112O16/c1-11-21-31-60-41-44-47(63-34-24-14-4)50(64-35-25-15-5)54(68-39-29-19-9)57(71-44)74-49-46(43-62-33-23-13-3)72-58(55(69-40-30-20-10)52(49)66-37-27-17-7)73-48-45(42-61-32-22-12-2)70-56(59)53(67-38-28-18-8)51(48)65-36-26-16-6/h44-59H,11-43H2,1-10H3/t44?,45-,46?,47-,48+,49-,50-,51?,52?,53?,54?,55-,56+,57+,58-/m0/s1. The molecule has 0 aliphatic carbocycles. The highest BCUT2D eigenvalue weighted by Crippen LogP contribution is 2.38. The molecule has 15 atom stereocenters. The van der Waals surface area contributed by atoms with Crippen molar-refractivity contribution < 1.29 is 76.2 Å². The van der Waals surface area contributed by atoms with Gasteiger partial charge in [-0.05, 0) is 64.2 Å². The minimum atomic E-state index is -1.26. The molecule has 0 aromatic carbocycles. The third-order valence-corrected chi connectivity index (χ3v) is 13.8. The van der Waals surface area contributed by atoms with E-state index in [2.05, 4.69) is 69.2 Å². The number of hydrogen-bond donors (Lipinski definition) is 1. The van der Waals surface area contributed by atoms with Crippen molar-refractivity contribution in [1.82, 2.24) is 0 Å². The summed E-state index contributed by atoms with van der Waals surface area (Å²) in [6.07, 6.45) is 6.74. The lowest BCUT2D eigenvalue weighted by Crippen LogP contribution is -2.68. The first-order valence-corrected chi connectivity index (χ1v) is 30.3. The number of hydrogen-bond acceptors (Lipinski definition) is 16. The Morgan fingerprint density at radius 3 is 0.851 bits per heavy atom. The highest BCUT2D eigenvalue weighted by molar-refractivity contribution is 4.99. The van der Waals surface area contributed by atoms with E-state index in [1.54, 1.807) is 0 Å². The predicted octanol–water partition coefficient (Wildman–Crippen LogP) is 10.7. The molecule has 0 aromatic heterocycles. The van der Waals surface area contributed by atoms with Crippen LogP contribution in [0.4, 0.5) is 0 Å². The van der Waals surface area contributed by atoms with Gasteiger partial charge in [-0.15, -0.1) is 0 Å². The van der Waals surface area contributed by atoms with Crippen LogP contribution in [0.1, 0.15) is 198 Å². The lowest BCUT2D eigenvalue weighted by atomic mass is 9.95. The fourth-order valence-electron chi connectivity index (χ4n) is 9.10. The molecule has 3 heterocycles. The molecule has 0 amide bonds. The quantitative estimate of drug-likeness (QED) is 0.0573. The van der Waals surface area contributed by atoms with Crippen LogP contribution >= 0.6 is 0 Å². The molecule has 0 saturated carbocycles. The molecule has 6 unspecified atom stereocenters. The molecule has 0 bridgehead atoms. The van der Waals surface area contributed by atoms with E-state index in [-0.39, 0.29) is 13.2 Å². The average Bonchev–Trinajstić information content (AvgIpc) is 3.40. The molecular weight excluding hydrogens is 953 g/mol. The van der Waals surface area contributed by atoms with Gasteiger partial charge < -0.3 is 76.2 Å². The van der Waals surface area contributed by atoms with Gasteiger partial charge in [0.1, 0.15) is 73.2 Å². The van der Waals surface area contributed by atoms with Crippen LogP contribution in [0, 0.1) is 0 Å².